The second-order valence-corrected chi connectivity index (χ2v) is 7.44. The third-order valence-corrected chi connectivity index (χ3v) is 5.36. The molecule has 28 heavy (non-hydrogen) atoms. The predicted molar refractivity (Wildman–Crippen MR) is 112 cm³/mol. The number of anilines is 1. The van der Waals surface area contributed by atoms with Crippen molar-refractivity contribution in [3.63, 3.8) is 0 Å². The third-order valence-electron chi connectivity index (χ3n) is 4.60. The van der Waals surface area contributed by atoms with Crippen LogP contribution in [-0.2, 0) is 11.3 Å². The van der Waals surface area contributed by atoms with Crippen molar-refractivity contribution in [2.75, 3.05) is 5.32 Å². The monoisotopic (exact) mass is 390 g/mol. The number of carbonyl (C=O) groups excluding carboxylic acids is 1. The minimum Gasteiger partial charge on any atom is -0.300 e. The molecule has 0 saturated carbocycles. The fraction of sp³-hybridized carbons (Fsp3) is 0.143. The first-order valence-electron chi connectivity index (χ1n) is 8.78. The number of para-hydroxylation sites is 1. The highest BCUT2D eigenvalue weighted by molar-refractivity contribution is 7.14. The molecule has 0 radical (unpaired) electrons. The minimum absolute atomic E-state index is 0.116. The van der Waals surface area contributed by atoms with Crippen LogP contribution in [0.1, 0.15) is 11.1 Å². The largest absolute Gasteiger partial charge is 0.300 e. The fourth-order valence-corrected chi connectivity index (χ4v) is 3.63. The van der Waals surface area contributed by atoms with E-state index in [2.05, 4.69) is 41.3 Å². The van der Waals surface area contributed by atoms with Crippen LogP contribution in [0.2, 0.25) is 0 Å². The van der Waals surface area contributed by atoms with Crippen molar-refractivity contribution in [2.24, 2.45) is 0 Å². The van der Waals surface area contributed by atoms with Gasteiger partial charge in [-0.3, -0.25) is 14.2 Å². The van der Waals surface area contributed by atoms with E-state index in [0.29, 0.717) is 16.0 Å². The zero-order valence-corrected chi connectivity index (χ0v) is 16.3. The van der Waals surface area contributed by atoms with Gasteiger partial charge in [-0.15, -0.1) is 11.3 Å². The Kier molecular flexibility index (Phi) is 4.75. The maximum absolute atomic E-state index is 12.5. The molecule has 1 N–H and O–H groups in total. The number of amides is 1. The van der Waals surface area contributed by atoms with E-state index < -0.39 is 0 Å². The molecule has 4 rings (SSSR count). The Balaban J connectivity index is 1.50. The average Bonchev–Trinajstić information content (AvgIpc) is 3.15. The van der Waals surface area contributed by atoms with Crippen LogP contribution in [0.15, 0.2) is 59.0 Å². The molecule has 1 amide bonds. The van der Waals surface area contributed by atoms with E-state index in [1.165, 1.54) is 33.4 Å². The Bertz CT molecular complexity index is 1240. The molecule has 6 nitrogen and oxygen atoms in total. The molecule has 0 saturated heterocycles. The maximum Gasteiger partial charge on any atom is 0.261 e. The SMILES string of the molecule is Cc1ccc(-c2csc(NC(=O)Cn3cnc4ccccc4c3=O)n2)cc1C. The lowest BCUT2D eigenvalue weighted by Crippen LogP contribution is -2.27. The Morgan fingerprint density at radius 1 is 1.14 bits per heavy atom. The Morgan fingerprint density at radius 2 is 1.96 bits per heavy atom. The first-order chi connectivity index (χ1) is 13.5. The minimum atomic E-state index is -0.319. The lowest BCUT2D eigenvalue weighted by Gasteiger charge is -2.06. The van der Waals surface area contributed by atoms with Crippen LogP contribution in [-0.4, -0.2) is 20.4 Å². The maximum atomic E-state index is 12.5. The lowest BCUT2D eigenvalue weighted by atomic mass is 10.1. The number of nitrogens with one attached hydrogen (secondary N) is 1. The van der Waals surface area contributed by atoms with Gasteiger partial charge in [-0.2, -0.15) is 0 Å². The van der Waals surface area contributed by atoms with Crippen molar-refractivity contribution >= 4 is 33.3 Å². The van der Waals surface area contributed by atoms with E-state index in [4.69, 9.17) is 0 Å². The number of aromatic nitrogens is 3. The zero-order chi connectivity index (χ0) is 19.7. The average molecular weight is 390 g/mol. The zero-order valence-electron chi connectivity index (χ0n) is 15.5. The first-order valence-corrected chi connectivity index (χ1v) is 9.66. The molecule has 140 valence electrons. The number of aryl methyl sites for hydroxylation is 2. The number of benzene rings is 2. The molecule has 0 atom stereocenters. The molecule has 0 aliphatic heterocycles. The van der Waals surface area contributed by atoms with Crippen LogP contribution < -0.4 is 10.9 Å². The topological polar surface area (TPSA) is 76.9 Å². The third kappa shape index (κ3) is 3.57. The number of carbonyl (C=O) groups is 1. The molecule has 0 aliphatic rings. The fourth-order valence-electron chi connectivity index (χ4n) is 2.90. The van der Waals surface area contributed by atoms with Crippen molar-refractivity contribution < 1.29 is 4.79 Å². The van der Waals surface area contributed by atoms with Gasteiger partial charge in [0.1, 0.15) is 6.54 Å². The van der Waals surface area contributed by atoms with Gasteiger partial charge in [0.15, 0.2) is 5.13 Å². The van der Waals surface area contributed by atoms with Gasteiger partial charge < -0.3 is 5.32 Å². The summed E-state index contributed by atoms with van der Waals surface area (Å²) in [6, 6.07) is 13.2. The highest BCUT2D eigenvalue weighted by Gasteiger charge is 2.11. The summed E-state index contributed by atoms with van der Waals surface area (Å²) in [7, 11) is 0. The van der Waals surface area contributed by atoms with Gasteiger partial charge in [0.2, 0.25) is 5.91 Å². The molecule has 7 heteroatoms. The molecule has 0 fully saturated rings. The number of fused-ring (bicyclic) bond motifs is 1. The van der Waals surface area contributed by atoms with Gasteiger partial charge >= 0.3 is 0 Å². The van der Waals surface area contributed by atoms with Crippen molar-refractivity contribution in [2.45, 2.75) is 20.4 Å². The van der Waals surface area contributed by atoms with Gasteiger partial charge in [-0.1, -0.05) is 24.3 Å². The highest BCUT2D eigenvalue weighted by atomic mass is 32.1. The lowest BCUT2D eigenvalue weighted by molar-refractivity contribution is -0.116. The molecule has 0 bridgehead atoms. The molecule has 0 aliphatic carbocycles. The second kappa shape index (κ2) is 7.36. The summed E-state index contributed by atoms with van der Waals surface area (Å²) in [5.74, 6) is -0.319. The number of rotatable bonds is 4. The van der Waals surface area contributed by atoms with Crippen LogP contribution in [0, 0.1) is 13.8 Å². The summed E-state index contributed by atoms with van der Waals surface area (Å²) in [5.41, 5.74) is 4.61. The summed E-state index contributed by atoms with van der Waals surface area (Å²) < 4.78 is 1.30. The molecule has 0 unspecified atom stereocenters. The Morgan fingerprint density at radius 3 is 2.79 bits per heavy atom. The van der Waals surface area contributed by atoms with E-state index in [-0.39, 0.29) is 18.0 Å². The molecular weight excluding hydrogens is 372 g/mol. The summed E-state index contributed by atoms with van der Waals surface area (Å²) in [6.07, 6.45) is 1.40. The molecule has 0 spiro atoms. The summed E-state index contributed by atoms with van der Waals surface area (Å²) in [6.45, 7) is 4.01. The summed E-state index contributed by atoms with van der Waals surface area (Å²) >= 11 is 1.35. The van der Waals surface area contributed by atoms with E-state index in [0.717, 1.165) is 11.3 Å². The van der Waals surface area contributed by atoms with Crippen molar-refractivity contribution in [1.82, 2.24) is 14.5 Å². The van der Waals surface area contributed by atoms with E-state index in [9.17, 15) is 9.59 Å². The Hall–Kier alpha value is -3.32. The number of hydrogen-bond donors (Lipinski definition) is 1. The standard InChI is InChI=1S/C21H18N4O2S/c1-13-7-8-15(9-14(13)2)18-11-28-21(23-18)24-19(26)10-25-12-22-17-6-4-3-5-16(17)20(25)27/h3-9,11-12H,10H2,1-2H3,(H,23,24,26). The molecule has 4 aromatic rings. The van der Waals surface area contributed by atoms with Gasteiger partial charge in [0.05, 0.1) is 22.9 Å². The predicted octanol–water partition coefficient (Wildman–Crippen LogP) is 3.78. The quantitative estimate of drug-likeness (QED) is 0.575. The molecular formula is C21H18N4O2S. The van der Waals surface area contributed by atoms with Crippen molar-refractivity contribution in [3.8, 4) is 11.3 Å². The van der Waals surface area contributed by atoms with Gasteiger partial charge in [0.25, 0.3) is 5.56 Å². The van der Waals surface area contributed by atoms with Crippen LogP contribution in [0.5, 0.6) is 0 Å². The van der Waals surface area contributed by atoms with Crippen LogP contribution >= 0.6 is 11.3 Å². The summed E-state index contributed by atoms with van der Waals surface area (Å²) in [5, 5.41) is 5.66. The summed E-state index contributed by atoms with van der Waals surface area (Å²) in [4.78, 5) is 33.6. The van der Waals surface area contributed by atoms with E-state index >= 15 is 0 Å². The second-order valence-electron chi connectivity index (χ2n) is 6.58. The van der Waals surface area contributed by atoms with E-state index in [1.807, 2.05) is 17.5 Å². The first kappa shape index (κ1) is 18.1. The molecule has 2 aromatic heterocycles. The van der Waals surface area contributed by atoms with Crippen LogP contribution in [0.4, 0.5) is 5.13 Å². The van der Waals surface area contributed by atoms with Gasteiger partial charge in [0, 0.05) is 10.9 Å². The number of thiazole rings is 1. The molecule has 2 heterocycles. The van der Waals surface area contributed by atoms with E-state index in [1.54, 1.807) is 18.2 Å². The van der Waals surface area contributed by atoms with Crippen LogP contribution in [0.25, 0.3) is 22.2 Å². The normalized spacial score (nSPS) is 10.9. The van der Waals surface area contributed by atoms with Gasteiger partial charge in [-0.25, -0.2) is 9.97 Å². The smallest absolute Gasteiger partial charge is 0.261 e. The van der Waals surface area contributed by atoms with Crippen molar-refractivity contribution in [3.05, 3.63) is 75.7 Å². The Labute approximate surface area is 165 Å². The van der Waals surface area contributed by atoms with Crippen molar-refractivity contribution in [1.29, 1.82) is 0 Å². The number of nitrogens with zero attached hydrogens (tertiary/aromatic N) is 3. The van der Waals surface area contributed by atoms with Gasteiger partial charge in [-0.05, 0) is 43.2 Å². The number of hydrogen-bond acceptors (Lipinski definition) is 5. The highest BCUT2D eigenvalue weighted by Crippen LogP contribution is 2.26. The molecule has 2 aromatic carbocycles. The van der Waals surface area contributed by atoms with Crippen LogP contribution in [0.3, 0.4) is 0 Å².